The Morgan fingerprint density at radius 2 is 1.87 bits per heavy atom. The number of nitrogens with two attached hydrogens (primary N) is 1. The minimum absolute atomic E-state index is 0.257. The summed E-state index contributed by atoms with van der Waals surface area (Å²) in [4.78, 5) is 32.5. The molecule has 0 aliphatic carbocycles. The Morgan fingerprint density at radius 3 is 2.39 bits per heavy atom. The van der Waals surface area contributed by atoms with Gasteiger partial charge < -0.3 is 5.73 Å². The Labute approximate surface area is 186 Å². The highest BCUT2D eigenvalue weighted by Crippen LogP contribution is 2.29. The molecule has 170 valence electrons. The molecule has 2 aromatic heterocycles. The van der Waals surface area contributed by atoms with Gasteiger partial charge in [-0.1, -0.05) is 0 Å². The molecule has 0 aliphatic heterocycles. The number of halogens is 1. The van der Waals surface area contributed by atoms with Crippen LogP contribution in [-0.4, -0.2) is 46.2 Å². The molecule has 0 spiro atoms. The van der Waals surface area contributed by atoms with Crippen LogP contribution in [0, 0.1) is 5.92 Å². The second kappa shape index (κ2) is 9.95. The van der Waals surface area contributed by atoms with Gasteiger partial charge in [-0.3, -0.25) is 14.6 Å². The first-order valence-corrected chi connectivity index (χ1v) is 12.4. The van der Waals surface area contributed by atoms with Crippen molar-refractivity contribution in [2.24, 2.45) is 11.7 Å². The molecule has 0 saturated heterocycles. The third-order valence-electron chi connectivity index (χ3n) is 5.03. The number of amides is 1. The summed E-state index contributed by atoms with van der Waals surface area (Å²) in [7, 11) is -3.57. The monoisotopic (exact) mass is 469 g/mol. The van der Waals surface area contributed by atoms with E-state index < -0.39 is 44.3 Å². The zero-order valence-corrected chi connectivity index (χ0v) is 19.5. The van der Waals surface area contributed by atoms with E-state index in [-0.39, 0.29) is 25.0 Å². The molecule has 2 heterocycles. The Kier molecular flexibility index (Phi) is 8.04. The van der Waals surface area contributed by atoms with Crippen molar-refractivity contribution < 1.29 is 22.4 Å². The first-order chi connectivity index (χ1) is 14.3. The normalized spacial score (nSPS) is 15.2. The van der Waals surface area contributed by atoms with E-state index in [1.165, 1.54) is 16.8 Å². The molecule has 0 radical (unpaired) electrons. The van der Waals surface area contributed by atoms with Crippen LogP contribution in [0.3, 0.4) is 0 Å². The lowest BCUT2D eigenvalue weighted by molar-refractivity contribution is -0.136. The van der Waals surface area contributed by atoms with E-state index in [1.54, 1.807) is 50.7 Å². The fourth-order valence-corrected chi connectivity index (χ4v) is 5.11. The first kappa shape index (κ1) is 25.1. The number of pyridine rings is 1. The average molecular weight is 470 g/mol. The molecule has 0 fully saturated rings. The maximum absolute atomic E-state index is 15.7. The number of sulfone groups is 1. The summed E-state index contributed by atoms with van der Waals surface area (Å²) in [6, 6.07) is 3.45. The molecule has 2 atom stereocenters. The highest BCUT2D eigenvalue weighted by molar-refractivity contribution is 7.92. The molecule has 10 heteroatoms. The molecule has 1 unspecified atom stereocenters. The zero-order valence-electron chi connectivity index (χ0n) is 17.9. The molecular formula is C21H28FN3O4S2. The summed E-state index contributed by atoms with van der Waals surface area (Å²) in [5.41, 5.74) is 5.30. The lowest BCUT2D eigenvalue weighted by Crippen LogP contribution is -2.42. The maximum Gasteiger partial charge on any atom is 0.221 e. The van der Waals surface area contributed by atoms with Crippen molar-refractivity contribution >= 4 is 32.9 Å². The van der Waals surface area contributed by atoms with E-state index >= 15 is 4.39 Å². The van der Waals surface area contributed by atoms with Crippen molar-refractivity contribution in [2.75, 3.05) is 5.75 Å². The number of hydrogen-bond donors (Lipinski definition) is 1. The van der Waals surface area contributed by atoms with Crippen LogP contribution in [-0.2, 0) is 32.3 Å². The van der Waals surface area contributed by atoms with Gasteiger partial charge in [0.05, 0.1) is 28.1 Å². The summed E-state index contributed by atoms with van der Waals surface area (Å²) in [5, 5.41) is 1.60. The van der Waals surface area contributed by atoms with Crippen LogP contribution in [0.1, 0.15) is 44.9 Å². The van der Waals surface area contributed by atoms with Gasteiger partial charge >= 0.3 is 0 Å². The average Bonchev–Trinajstić information content (AvgIpc) is 3.13. The van der Waals surface area contributed by atoms with E-state index in [0.717, 1.165) is 5.56 Å². The first-order valence-electron chi connectivity index (χ1n) is 9.81. The van der Waals surface area contributed by atoms with Gasteiger partial charge in [0, 0.05) is 30.6 Å². The van der Waals surface area contributed by atoms with E-state index in [1.807, 2.05) is 0 Å². The predicted molar refractivity (Wildman–Crippen MR) is 118 cm³/mol. The molecule has 0 aliphatic rings. The fraction of sp³-hybridized carbons (Fsp3) is 0.524. The summed E-state index contributed by atoms with van der Waals surface area (Å²) in [6.07, 6.45) is 1.89. The molecule has 7 nitrogen and oxygen atoms in total. The SMILES string of the molecule is CC(C)(C)S(=O)(=O)C[C@@H](CC(=O)C(F)(CC(N)=O)Cc1cscn1)Cc1ccncc1. The van der Waals surface area contributed by atoms with Crippen LogP contribution in [0.4, 0.5) is 4.39 Å². The lowest BCUT2D eigenvalue weighted by Gasteiger charge is -2.27. The second-order valence-electron chi connectivity index (χ2n) is 8.71. The number of nitrogens with zero attached hydrogens (tertiary/aromatic N) is 2. The number of rotatable bonds is 11. The standard InChI is InChI=1S/C21H28FN3O4S2/c1-20(2,3)31(28,29)13-16(8-15-4-6-24-7-5-15)9-18(26)21(22,11-19(23)27)10-17-12-30-14-25-17/h4-7,12,14,16H,8-11,13H2,1-3H3,(H2,23,27)/t16-,21?/m1/s1. The Hall–Kier alpha value is -2.20. The summed E-state index contributed by atoms with van der Waals surface area (Å²) >= 11 is 1.25. The Balaban J connectivity index is 2.31. The molecule has 0 saturated carbocycles. The summed E-state index contributed by atoms with van der Waals surface area (Å²) < 4.78 is 40.3. The number of aromatic nitrogens is 2. The molecule has 2 N–H and O–H groups in total. The van der Waals surface area contributed by atoms with Crippen molar-refractivity contribution in [3.8, 4) is 0 Å². The number of thiazole rings is 1. The van der Waals surface area contributed by atoms with Crippen LogP contribution in [0.2, 0.25) is 0 Å². The van der Waals surface area contributed by atoms with Crippen molar-refractivity contribution in [2.45, 2.75) is 56.9 Å². The Morgan fingerprint density at radius 1 is 1.23 bits per heavy atom. The Bertz CT molecular complexity index is 989. The molecule has 0 bridgehead atoms. The highest BCUT2D eigenvalue weighted by Gasteiger charge is 2.42. The maximum atomic E-state index is 15.7. The van der Waals surface area contributed by atoms with E-state index in [4.69, 9.17) is 5.73 Å². The van der Waals surface area contributed by atoms with Crippen molar-refractivity contribution in [3.05, 3.63) is 46.7 Å². The number of ketones is 1. The minimum atomic E-state index is -3.57. The second-order valence-corrected chi connectivity index (χ2v) is 12.2. The van der Waals surface area contributed by atoms with Crippen LogP contribution in [0.15, 0.2) is 35.4 Å². The van der Waals surface area contributed by atoms with E-state index in [2.05, 4.69) is 9.97 Å². The summed E-state index contributed by atoms with van der Waals surface area (Å²) in [5.74, 6) is -2.74. The van der Waals surface area contributed by atoms with Crippen molar-refractivity contribution in [1.29, 1.82) is 0 Å². The van der Waals surface area contributed by atoms with Crippen LogP contribution in [0.25, 0.3) is 0 Å². The van der Waals surface area contributed by atoms with Crippen molar-refractivity contribution in [1.82, 2.24) is 9.97 Å². The predicted octanol–water partition coefficient (Wildman–Crippen LogP) is 2.70. The quantitative estimate of drug-likeness (QED) is 0.540. The van der Waals surface area contributed by atoms with Crippen LogP contribution >= 0.6 is 11.3 Å². The topological polar surface area (TPSA) is 120 Å². The molecular weight excluding hydrogens is 441 g/mol. The highest BCUT2D eigenvalue weighted by atomic mass is 32.2. The number of hydrogen-bond acceptors (Lipinski definition) is 7. The lowest BCUT2D eigenvalue weighted by atomic mass is 9.85. The number of alkyl halides is 1. The van der Waals surface area contributed by atoms with Gasteiger partial charge in [-0.05, 0) is 50.8 Å². The van der Waals surface area contributed by atoms with Gasteiger partial charge in [-0.25, -0.2) is 17.8 Å². The van der Waals surface area contributed by atoms with Gasteiger partial charge in [0.25, 0.3) is 0 Å². The van der Waals surface area contributed by atoms with E-state index in [0.29, 0.717) is 5.69 Å². The van der Waals surface area contributed by atoms with Crippen molar-refractivity contribution in [3.63, 3.8) is 0 Å². The third-order valence-corrected chi connectivity index (χ3v) is 8.45. The van der Waals surface area contributed by atoms with Gasteiger partial charge in [0.15, 0.2) is 21.3 Å². The molecule has 1 amide bonds. The molecule has 2 rings (SSSR count). The molecule has 31 heavy (non-hydrogen) atoms. The van der Waals surface area contributed by atoms with Crippen LogP contribution in [0.5, 0.6) is 0 Å². The number of primary amides is 1. The molecule has 2 aromatic rings. The molecule has 0 aromatic carbocycles. The summed E-state index contributed by atoms with van der Waals surface area (Å²) in [6.45, 7) is 4.76. The third kappa shape index (κ3) is 7.17. The fourth-order valence-electron chi connectivity index (χ4n) is 3.20. The van der Waals surface area contributed by atoms with Crippen LogP contribution < -0.4 is 5.73 Å². The number of carbonyl (C=O) groups is 2. The van der Waals surface area contributed by atoms with Gasteiger partial charge in [-0.15, -0.1) is 11.3 Å². The van der Waals surface area contributed by atoms with E-state index in [9.17, 15) is 18.0 Å². The van der Waals surface area contributed by atoms with Gasteiger partial charge in [0.2, 0.25) is 5.91 Å². The smallest absolute Gasteiger partial charge is 0.221 e. The van der Waals surface area contributed by atoms with Gasteiger partial charge in [0.1, 0.15) is 0 Å². The number of Topliss-reactive ketones (excluding diaryl/α,β-unsaturated/α-hetero) is 1. The zero-order chi connectivity index (χ0) is 23.3. The number of carbonyl (C=O) groups excluding carboxylic acids is 2. The largest absolute Gasteiger partial charge is 0.370 e. The minimum Gasteiger partial charge on any atom is -0.370 e. The van der Waals surface area contributed by atoms with Gasteiger partial charge in [-0.2, -0.15) is 0 Å².